The number of benzene rings is 1. The van der Waals surface area contributed by atoms with Crippen LogP contribution in [0.1, 0.15) is 44.9 Å². The summed E-state index contributed by atoms with van der Waals surface area (Å²) in [5.74, 6) is 3.47. The van der Waals surface area contributed by atoms with E-state index >= 15 is 0 Å². The molecular formula is C26H35N3O3S. The minimum atomic E-state index is -0.150. The predicted molar refractivity (Wildman–Crippen MR) is 131 cm³/mol. The Morgan fingerprint density at radius 3 is 2.55 bits per heavy atom. The molecule has 1 aromatic heterocycles. The van der Waals surface area contributed by atoms with E-state index in [-0.39, 0.29) is 5.41 Å². The molecule has 7 rings (SSSR count). The summed E-state index contributed by atoms with van der Waals surface area (Å²) in [4.78, 5) is 23.8. The Bertz CT molecular complexity index is 980. The van der Waals surface area contributed by atoms with Crippen molar-refractivity contribution in [2.75, 3.05) is 51.4 Å². The van der Waals surface area contributed by atoms with E-state index in [9.17, 15) is 4.79 Å². The van der Waals surface area contributed by atoms with Gasteiger partial charge in [0.1, 0.15) is 5.75 Å². The van der Waals surface area contributed by atoms with E-state index in [1.807, 2.05) is 18.2 Å². The highest BCUT2D eigenvalue weighted by atomic mass is 32.1. The number of anilines is 1. The number of fused-ring (bicyclic) bond motifs is 1. The van der Waals surface area contributed by atoms with E-state index in [1.54, 1.807) is 18.4 Å². The van der Waals surface area contributed by atoms with Crippen molar-refractivity contribution < 1.29 is 14.3 Å². The zero-order chi connectivity index (χ0) is 22.4. The minimum Gasteiger partial charge on any atom is -0.497 e. The van der Waals surface area contributed by atoms with Crippen molar-refractivity contribution in [3.05, 3.63) is 18.2 Å². The number of hydrogen-bond acceptors (Lipinski definition) is 6. The summed E-state index contributed by atoms with van der Waals surface area (Å²) in [6.45, 7) is 5.36. The first-order valence-electron chi connectivity index (χ1n) is 12.7. The van der Waals surface area contributed by atoms with Crippen molar-refractivity contribution in [3.8, 4) is 5.75 Å². The second-order valence-electron chi connectivity index (χ2n) is 10.8. The van der Waals surface area contributed by atoms with Crippen LogP contribution in [0.3, 0.4) is 0 Å². The molecule has 1 aliphatic heterocycles. The zero-order valence-electron chi connectivity index (χ0n) is 19.6. The average molecular weight is 470 g/mol. The van der Waals surface area contributed by atoms with E-state index in [4.69, 9.17) is 14.5 Å². The Morgan fingerprint density at radius 1 is 1.18 bits per heavy atom. The third kappa shape index (κ3) is 4.17. The fourth-order valence-electron chi connectivity index (χ4n) is 7.36. The molecule has 6 nitrogen and oxygen atoms in total. The van der Waals surface area contributed by atoms with Crippen molar-refractivity contribution in [2.24, 2.45) is 23.2 Å². The van der Waals surface area contributed by atoms with E-state index in [0.29, 0.717) is 5.91 Å². The fourth-order valence-corrected chi connectivity index (χ4v) is 8.37. The highest BCUT2D eigenvalue weighted by Crippen LogP contribution is 2.60. The van der Waals surface area contributed by atoms with Gasteiger partial charge in [-0.3, -0.25) is 14.6 Å². The quantitative estimate of drug-likeness (QED) is 0.594. The van der Waals surface area contributed by atoms with E-state index in [0.717, 1.165) is 104 Å². The topological polar surface area (TPSA) is 54.9 Å². The molecule has 2 aromatic rings. The smallest absolute Gasteiger partial charge is 0.235 e. The lowest BCUT2D eigenvalue weighted by Gasteiger charge is -2.56. The molecule has 4 aliphatic carbocycles. The van der Waals surface area contributed by atoms with Crippen LogP contribution in [-0.4, -0.2) is 62.3 Å². The molecule has 5 aliphatic rings. The number of ether oxygens (including phenoxy) is 2. The lowest BCUT2D eigenvalue weighted by atomic mass is 9.49. The van der Waals surface area contributed by atoms with Gasteiger partial charge in [-0.1, -0.05) is 11.3 Å². The monoisotopic (exact) mass is 469 g/mol. The van der Waals surface area contributed by atoms with Crippen LogP contribution in [0.5, 0.6) is 5.75 Å². The molecule has 33 heavy (non-hydrogen) atoms. The number of aromatic nitrogens is 1. The Labute approximate surface area is 200 Å². The Kier molecular flexibility index (Phi) is 5.83. The third-order valence-corrected chi connectivity index (χ3v) is 9.55. The second kappa shape index (κ2) is 8.82. The van der Waals surface area contributed by atoms with Crippen molar-refractivity contribution in [1.29, 1.82) is 0 Å². The molecule has 7 heteroatoms. The molecule has 2 heterocycles. The van der Waals surface area contributed by atoms with Crippen LogP contribution in [0, 0.1) is 23.2 Å². The molecule has 1 saturated heterocycles. The summed E-state index contributed by atoms with van der Waals surface area (Å²) in [5.41, 5.74) is 0.802. The fraction of sp³-hybridized carbons (Fsp3) is 0.692. The summed E-state index contributed by atoms with van der Waals surface area (Å²) in [6, 6.07) is 6.00. The van der Waals surface area contributed by atoms with Crippen LogP contribution in [0.4, 0.5) is 5.13 Å². The molecular weight excluding hydrogens is 434 g/mol. The molecule has 0 radical (unpaired) electrons. The van der Waals surface area contributed by atoms with Crippen LogP contribution < -0.4 is 9.64 Å². The van der Waals surface area contributed by atoms with Gasteiger partial charge in [0.05, 0.1) is 36.0 Å². The van der Waals surface area contributed by atoms with Crippen LogP contribution in [0.15, 0.2) is 18.2 Å². The Hall–Kier alpha value is -1.70. The van der Waals surface area contributed by atoms with E-state index < -0.39 is 0 Å². The van der Waals surface area contributed by atoms with Crippen LogP contribution >= 0.6 is 11.3 Å². The number of carbonyl (C=O) groups excluding carboxylic acids is 1. The van der Waals surface area contributed by atoms with Crippen LogP contribution in [0.2, 0.25) is 0 Å². The number of thiazole rings is 1. The van der Waals surface area contributed by atoms with Gasteiger partial charge in [0.25, 0.3) is 0 Å². The van der Waals surface area contributed by atoms with Gasteiger partial charge >= 0.3 is 0 Å². The maximum absolute atomic E-state index is 14.3. The number of morpholine rings is 1. The molecule has 4 saturated carbocycles. The van der Waals surface area contributed by atoms with E-state index in [1.165, 1.54) is 19.3 Å². The molecule has 1 aromatic carbocycles. The van der Waals surface area contributed by atoms with Crippen molar-refractivity contribution in [2.45, 2.75) is 44.9 Å². The number of nitrogens with zero attached hydrogens (tertiary/aromatic N) is 3. The van der Waals surface area contributed by atoms with Gasteiger partial charge in [0.2, 0.25) is 5.91 Å². The van der Waals surface area contributed by atoms with Crippen LogP contribution in [-0.2, 0) is 9.53 Å². The first kappa shape index (κ1) is 21.8. The number of amides is 1. The normalized spacial score (nSPS) is 31.2. The highest BCUT2D eigenvalue weighted by molar-refractivity contribution is 7.22. The van der Waals surface area contributed by atoms with Crippen molar-refractivity contribution >= 4 is 32.6 Å². The lowest BCUT2D eigenvalue weighted by molar-refractivity contribution is -0.143. The maximum atomic E-state index is 14.3. The summed E-state index contributed by atoms with van der Waals surface area (Å²) >= 11 is 1.63. The summed E-state index contributed by atoms with van der Waals surface area (Å²) in [7, 11) is 1.69. The average Bonchev–Trinajstić information content (AvgIpc) is 3.24. The minimum absolute atomic E-state index is 0.150. The van der Waals surface area contributed by atoms with Gasteiger partial charge < -0.3 is 9.47 Å². The summed E-state index contributed by atoms with van der Waals surface area (Å²) in [6.07, 6.45) is 8.31. The molecule has 0 unspecified atom stereocenters. The number of rotatable bonds is 7. The van der Waals surface area contributed by atoms with Gasteiger partial charge in [0.15, 0.2) is 5.13 Å². The third-order valence-electron chi connectivity index (χ3n) is 8.51. The predicted octanol–water partition coefficient (Wildman–Crippen LogP) is 4.58. The van der Waals surface area contributed by atoms with Gasteiger partial charge in [-0.05, 0) is 80.9 Å². The standard InChI is InChI=1S/C26H35N3O3S/c1-31-21-3-4-22-23(14-21)33-25(27-22)29(6-2-5-28-7-9-32-10-8-28)24(30)26-15-18-11-19(16-26)13-20(12-18)17-26/h3-4,14,18-20H,2,5-13,15-17H2,1H3. The SMILES string of the molecule is COc1ccc2nc(N(CCCN3CCOCC3)C(=O)C34CC5CC(CC(C5)C3)C4)sc2c1. The molecule has 1 amide bonds. The first-order chi connectivity index (χ1) is 16.1. The van der Waals surface area contributed by atoms with Gasteiger partial charge in [0, 0.05) is 26.2 Å². The summed E-state index contributed by atoms with van der Waals surface area (Å²) in [5, 5.41) is 0.862. The van der Waals surface area contributed by atoms with E-state index in [2.05, 4.69) is 9.80 Å². The van der Waals surface area contributed by atoms with Gasteiger partial charge in [-0.25, -0.2) is 4.98 Å². The van der Waals surface area contributed by atoms with Gasteiger partial charge in [-0.2, -0.15) is 0 Å². The first-order valence-corrected chi connectivity index (χ1v) is 13.5. The highest BCUT2D eigenvalue weighted by Gasteiger charge is 2.56. The number of methoxy groups -OCH3 is 1. The van der Waals surface area contributed by atoms with Crippen molar-refractivity contribution in [1.82, 2.24) is 9.88 Å². The maximum Gasteiger partial charge on any atom is 0.235 e. The molecule has 178 valence electrons. The Morgan fingerprint density at radius 2 is 1.88 bits per heavy atom. The zero-order valence-corrected chi connectivity index (χ0v) is 20.4. The second-order valence-corrected chi connectivity index (χ2v) is 11.8. The Balaban J connectivity index is 1.27. The lowest BCUT2D eigenvalue weighted by Crippen LogP contribution is -2.55. The molecule has 0 spiro atoms. The molecule has 5 fully saturated rings. The largest absolute Gasteiger partial charge is 0.497 e. The molecule has 4 bridgehead atoms. The molecule has 0 atom stereocenters. The van der Waals surface area contributed by atoms with Crippen molar-refractivity contribution in [3.63, 3.8) is 0 Å². The van der Waals surface area contributed by atoms with Gasteiger partial charge in [-0.15, -0.1) is 0 Å². The number of carbonyl (C=O) groups is 1. The van der Waals surface area contributed by atoms with Crippen LogP contribution in [0.25, 0.3) is 10.2 Å². The molecule has 0 N–H and O–H groups in total. The number of hydrogen-bond donors (Lipinski definition) is 0. The summed E-state index contributed by atoms with van der Waals surface area (Å²) < 4.78 is 12.0.